The molecular weight excluding hydrogens is 659 g/mol. The van der Waals surface area contributed by atoms with Crippen LogP contribution >= 0.6 is 0 Å². The number of hydrogen-bond donors (Lipinski definition) is 2. The fourth-order valence-electron chi connectivity index (χ4n) is 5.99. The van der Waals surface area contributed by atoms with Crippen molar-refractivity contribution in [1.29, 1.82) is 0 Å². The molecule has 1 unspecified atom stereocenters. The molecule has 4 aromatic carbocycles. The number of ether oxygens (including phenoxy) is 2. The summed E-state index contributed by atoms with van der Waals surface area (Å²) in [4.78, 5) is 28.9. The standard InChI is InChI=1S/C36H36F3N3O6S/c1-42(22-25-11-15-27(16-12-25)30-9-5-6-10-33(30)49(40,45)46)35(44)32-20-29(47-23-26-7-3-2-4-8-26)19-31(32)34(43)41-21-24-13-17-28(18-14-24)48-36(37,38)39/h2-18,29,31-32H,19-23H2,1H3,(H,41,43)(H2,40,45,46)/t29?,31-,32-/m1/s1. The van der Waals surface area contributed by atoms with Gasteiger partial charge in [0.05, 0.1) is 29.4 Å². The van der Waals surface area contributed by atoms with E-state index in [4.69, 9.17) is 9.88 Å². The van der Waals surface area contributed by atoms with Gasteiger partial charge >= 0.3 is 6.36 Å². The highest BCUT2D eigenvalue weighted by molar-refractivity contribution is 7.89. The summed E-state index contributed by atoms with van der Waals surface area (Å²) >= 11 is 0. The van der Waals surface area contributed by atoms with Crippen molar-refractivity contribution in [2.24, 2.45) is 17.0 Å². The van der Waals surface area contributed by atoms with Crippen LogP contribution in [-0.4, -0.2) is 44.6 Å². The number of hydrogen-bond acceptors (Lipinski definition) is 6. The van der Waals surface area contributed by atoms with Gasteiger partial charge in [0, 0.05) is 25.7 Å². The maximum atomic E-state index is 13.9. The second kappa shape index (κ2) is 15.2. The number of rotatable bonds is 12. The van der Waals surface area contributed by atoms with Crippen LogP contribution in [-0.2, 0) is 44.0 Å². The second-order valence-electron chi connectivity index (χ2n) is 11.9. The number of sulfonamides is 1. The topological polar surface area (TPSA) is 128 Å². The number of nitrogens with one attached hydrogen (secondary N) is 1. The predicted molar refractivity (Wildman–Crippen MR) is 176 cm³/mol. The van der Waals surface area contributed by atoms with E-state index in [0.29, 0.717) is 36.1 Å². The van der Waals surface area contributed by atoms with Gasteiger partial charge in [-0.15, -0.1) is 13.2 Å². The van der Waals surface area contributed by atoms with E-state index in [1.54, 1.807) is 54.4 Å². The molecule has 1 saturated carbocycles. The van der Waals surface area contributed by atoms with E-state index in [0.717, 1.165) is 11.1 Å². The molecule has 0 heterocycles. The molecule has 0 saturated heterocycles. The molecule has 9 nitrogen and oxygen atoms in total. The van der Waals surface area contributed by atoms with Crippen LogP contribution in [0.15, 0.2) is 108 Å². The van der Waals surface area contributed by atoms with Crippen molar-refractivity contribution in [2.75, 3.05) is 7.05 Å². The summed E-state index contributed by atoms with van der Waals surface area (Å²) in [6, 6.07) is 28.3. The van der Waals surface area contributed by atoms with Crippen molar-refractivity contribution in [3.05, 3.63) is 120 Å². The van der Waals surface area contributed by atoms with Gasteiger partial charge in [-0.2, -0.15) is 0 Å². The number of nitrogens with two attached hydrogens (primary N) is 1. The van der Waals surface area contributed by atoms with Gasteiger partial charge in [-0.05, 0) is 53.3 Å². The Morgan fingerprint density at radius 2 is 1.45 bits per heavy atom. The normalized spacial score (nSPS) is 17.8. The molecule has 2 amide bonds. The van der Waals surface area contributed by atoms with Gasteiger partial charge in [0.1, 0.15) is 5.75 Å². The highest BCUT2D eigenvalue weighted by Crippen LogP contribution is 2.36. The molecular formula is C36H36F3N3O6S. The molecule has 3 N–H and O–H groups in total. The third-order valence-corrected chi connectivity index (χ3v) is 9.35. The molecule has 1 aliphatic rings. The van der Waals surface area contributed by atoms with Gasteiger partial charge in [0.2, 0.25) is 21.8 Å². The molecule has 0 aromatic heterocycles. The molecule has 49 heavy (non-hydrogen) atoms. The number of amides is 2. The molecule has 0 radical (unpaired) electrons. The Bertz CT molecular complexity index is 1850. The number of halogens is 3. The predicted octanol–water partition coefficient (Wildman–Crippen LogP) is 5.79. The van der Waals surface area contributed by atoms with Gasteiger partial charge in [-0.25, -0.2) is 13.6 Å². The van der Waals surface area contributed by atoms with Crippen molar-refractivity contribution in [2.45, 2.75) is 49.9 Å². The summed E-state index contributed by atoms with van der Waals surface area (Å²) in [5.41, 5.74) is 3.43. The first kappa shape index (κ1) is 35.6. The monoisotopic (exact) mass is 695 g/mol. The van der Waals surface area contributed by atoms with Crippen LogP contribution < -0.4 is 15.2 Å². The lowest BCUT2D eigenvalue weighted by Crippen LogP contribution is -2.40. The fraction of sp³-hybridized carbons (Fsp3) is 0.278. The Morgan fingerprint density at radius 3 is 2.10 bits per heavy atom. The minimum Gasteiger partial charge on any atom is -0.406 e. The Morgan fingerprint density at radius 1 is 0.837 bits per heavy atom. The Balaban J connectivity index is 1.26. The summed E-state index contributed by atoms with van der Waals surface area (Å²) in [5.74, 6) is -2.32. The third kappa shape index (κ3) is 9.68. The summed E-state index contributed by atoms with van der Waals surface area (Å²) in [7, 11) is -2.28. The first-order valence-electron chi connectivity index (χ1n) is 15.5. The van der Waals surface area contributed by atoms with Crippen molar-refractivity contribution in [3.8, 4) is 16.9 Å². The SMILES string of the molecule is CN(Cc1ccc(-c2ccccc2S(N)(=O)=O)cc1)C(=O)[C@@H]1CC(OCc2ccccc2)C[C@H]1C(=O)NCc1ccc(OC(F)(F)F)cc1. The van der Waals surface area contributed by atoms with E-state index in [9.17, 15) is 31.2 Å². The maximum absolute atomic E-state index is 13.9. The minimum atomic E-state index is -4.81. The van der Waals surface area contributed by atoms with Gasteiger partial charge in [0.25, 0.3) is 0 Å². The molecule has 4 aromatic rings. The Labute approximate surface area is 282 Å². The van der Waals surface area contributed by atoms with Crippen molar-refractivity contribution in [1.82, 2.24) is 10.2 Å². The zero-order chi connectivity index (χ0) is 35.2. The fourth-order valence-corrected chi connectivity index (χ4v) is 6.75. The van der Waals surface area contributed by atoms with E-state index < -0.39 is 28.2 Å². The van der Waals surface area contributed by atoms with E-state index in [1.165, 1.54) is 30.3 Å². The summed E-state index contributed by atoms with van der Waals surface area (Å²) < 4.78 is 71.8. The van der Waals surface area contributed by atoms with Crippen LogP contribution in [0.5, 0.6) is 5.75 Å². The van der Waals surface area contributed by atoms with E-state index in [1.807, 2.05) is 30.3 Å². The van der Waals surface area contributed by atoms with Gasteiger partial charge < -0.3 is 19.7 Å². The van der Waals surface area contributed by atoms with Crippen molar-refractivity contribution < 1.29 is 40.7 Å². The highest BCUT2D eigenvalue weighted by atomic mass is 32.2. The summed E-state index contributed by atoms with van der Waals surface area (Å²) in [6.07, 6.45) is -4.51. The lowest BCUT2D eigenvalue weighted by atomic mass is 9.93. The largest absolute Gasteiger partial charge is 0.573 e. The van der Waals surface area contributed by atoms with Crippen LogP contribution in [0, 0.1) is 11.8 Å². The zero-order valence-electron chi connectivity index (χ0n) is 26.6. The first-order valence-corrected chi connectivity index (χ1v) is 17.1. The number of benzene rings is 4. The number of nitrogens with zero attached hydrogens (tertiary/aromatic N) is 1. The van der Waals surface area contributed by atoms with Crippen molar-refractivity contribution >= 4 is 21.8 Å². The lowest BCUT2D eigenvalue weighted by Gasteiger charge is -2.25. The maximum Gasteiger partial charge on any atom is 0.573 e. The molecule has 258 valence electrons. The lowest BCUT2D eigenvalue weighted by molar-refractivity contribution is -0.274. The van der Waals surface area contributed by atoms with Crippen LogP contribution in [0.1, 0.15) is 29.5 Å². The van der Waals surface area contributed by atoms with E-state index in [2.05, 4.69) is 10.1 Å². The van der Waals surface area contributed by atoms with Crippen LogP contribution in [0.25, 0.3) is 11.1 Å². The van der Waals surface area contributed by atoms with Gasteiger partial charge in [0.15, 0.2) is 0 Å². The van der Waals surface area contributed by atoms with Crippen molar-refractivity contribution in [3.63, 3.8) is 0 Å². The average molecular weight is 696 g/mol. The van der Waals surface area contributed by atoms with Crippen LogP contribution in [0.2, 0.25) is 0 Å². The smallest absolute Gasteiger partial charge is 0.406 e. The van der Waals surface area contributed by atoms with E-state index >= 15 is 0 Å². The molecule has 13 heteroatoms. The molecule has 1 aliphatic carbocycles. The second-order valence-corrected chi connectivity index (χ2v) is 13.5. The summed E-state index contributed by atoms with van der Waals surface area (Å²) in [6.45, 7) is 0.613. The Kier molecular flexibility index (Phi) is 11.1. The van der Waals surface area contributed by atoms with Gasteiger partial charge in [-0.1, -0.05) is 84.9 Å². The highest BCUT2D eigenvalue weighted by Gasteiger charge is 2.44. The molecule has 3 atom stereocenters. The van der Waals surface area contributed by atoms with Crippen LogP contribution in [0.3, 0.4) is 0 Å². The van der Waals surface area contributed by atoms with Gasteiger partial charge in [-0.3, -0.25) is 9.59 Å². The average Bonchev–Trinajstić information content (AvgIpc) is 3.51. The van der Waals surface area contributed by atoms with Crippen LogP contribution in [0.4, 0.5) is 13.2 Å². The Hall–Kier alpha value is -4.72. The zero-order valence-corrected chi connectivity index (χ0v) is 27.4. The van der Waals surface area contributed by atoms with E-state index in [-0.39, 0.29) is 41.7 Å². The molecule has 1 fully saturated rings. The molecule has 0 spiro atoms. The number of carbonyl (C=O) groups is 2. The third-order valence-electron chi connectivity index (χ3n) is 8.38. The number of primary sulfonamides is 1. The number of carbonyl (C=O) groups excluding carboxylic acids is 2. The quantitative estimate of drug-likeness (QED) is 0.193. The number of alkyl halides is 3. The minimum absolute atomic E-state index is 0.0112. The molecule has 0 bridgehead atoms. The first-order chi connectivity index (χ1) is 23.3. The molecule has 5 rings (SSSR count). The summed E-state index contributed by atoms with van der Waals surface area (Å²) in [5, 5.41) is 8.23. The molecule has 0 aliphatic heterocycles.